The Morgan fingerprint density at radius 1 is 0.630 bits per heavy atom. The average Bonchev–Trinajstić information content (AvgIpc) is 2.59. The highest BCUT2D eigenvalue weighted by molar-refractivity contribution is 6.66. The van der Waals surface area contributed by atoms with Gasteiger partial charge in [0.15, 0.2) is 0 Å². The summed E-state index contributed by atoms with van der Waals surface area (Å²) in [6.07, 6.45) is 0. The van der Waals surface area contributed by atoms with Crippen LogP contribution in [0.1, 0.15) is 20.8 Å². The van der Waals surface area contributed by atoms with Crippen LogP contribution < -0.4 is 0 Å². The molecule has 27 heavy (non-hydrogen) atoms. The van der Waals surface area contributed by atoms with Crippen molar-refractivity contribution in [1.29, 1.82) is 0 Å². The molecule has 156 valence electrons. The van der Waals surface area contributed by atoms with Crippen LogP contribution in [0.4, 0.5) is 0 Å². The summed E-state index contributed by atoms with van der Waals surface area (Å²) in [5, 5.41) is 0. The second kappa shape index (κ2) is 15.9. The number of hydrogen-bond acceptors (Lipinski definition) is 6. The molecule has 7 heteroatoms. The van der Waals surface area contributed by atoms with Crippen molar-refractivity contribution in [2.24, 2.45) is 0 Å². The SMILES string of the molecule is C=C[Si](OCCOCC(=C)C)(OCCOCC(=C)C)OCCOCC(=C)C. The zero-order valence-electron chi connectivity index (χ0n) is 17.2. The number of ether oxygens (including phenoxy) is 3. The standard InChI is InChI=1S/C20H36O6Si/c1-8-27(24-12-9-21-15-18(2)3,25-13-10-22-16-19(4)5)26-14-11-23-17-20(6)7/h8H,1-2,4,6,9-17H2,3,5,7H3. The molecule has 0 fully saturated rings. The predicted octanol–water partition coefficient (Wildman–Crippen LogP) is 3.48. The molecule has 0 bridgehead atoms. The Morgan fingerprint density at radius 3 is 1.15 bits per heavy atom. The molecule has 6 nitrogen and oxygen atoms in total. The fourth-order valence-corrected chi connectivity index (χ4v) is 3.48. The summed E-state index contributed by atoms with van der Waals surface area (Å²) in [6, 6.07) is 0. The normalized spacial score (nSPS) is 11.4. The van der Waals surface area contributed by atoms with Crippen molar-refractivity contribution in [3.63, 3.8) is 0 Å². The van der Waals surface area contributed by atoms with Gasteiger partial charge in [0.1, 0.15) is 0 Å². The van der Waals surface area contributed by atoms with Crippen LogP contribution in [-0.4, -0.2) is 68.3 Å². The lowest BCUT2D eigenvalue weighted by Gasteiger charge is -2.26. The van der Waals surface area contributed by atoms with Crippen molar-refractivity contribution in [3.8, 4) is 0 Å². The molecule has 0 radical (unpaired) electrons. The summed E-state index contributed by atoms with van der Waals surface area (Å²) < 4.78 is 34.0. The van der Waals surface area contributed by atoms with Gasteiger partial charge in [-0.1, -0.05) is 43.0 Å². The van der Waals surface area contributed by atoms with Crippen LogP contribution in [0.15, 0.2) is 48.7 Å². The minimum Gasteiger partial charge on any atom is -0.375 e. The summed E-state index contributed by atoms with van der Waals surface area (Å²) >= 11 is 0. The molecule has 0 aliphatic carbocycles. The van der Waals surface area contributed by atoms with Gasteiger partial charge in [0.25, 0.3) is 0 Å². The summed E-state index contributed by atoms with van der Waals surface area (Å²) in [5.74, 6) is 0. The van der Waals surface area contributed by atoms with Gasteiger partial charge in [-0.2, -0.15) is 0 Å². The molecule has 0 aromatic carbocycles. The molecular formula is C20H36O6Si. The van der Waals surface area contributed by atoms with E-state index in [4.69, 9.17) is 27.5 Å². The average molecular weight is 401 g/mol. The molecule has 0 saturated carbocycles. The Kier molecular flexibility index (Phi) is 15.3. The summed E-state index contributed by atoms with van der Waals surface area (Å²) in [5.41, 5.74) is 4.49. The van der Waals surface area contributed by atoms with E-state index < -0.39 is 8.80 Å². The lowest BCUT2D eigenvalue weighted by atomic mass is 10.4. The van der Waals surface area contributed by atoms with Gasteiger partial charge < -0.3 is 27.5 Å². The first-order chi connectivity index (χ1) is 12.8. The van der Waals surface area contributed by atoms with Crippen molar-refractivity contribution in [3.05, 3.63) is 48.7 Å². The maximum atomic E-state index is 5.89. The third-order valence-corrected chi connectivity index (χ3v) is 5.21. The molecule has 0 aliphatic heterocycles. The van der Waals surface area contributed by atoms with Crippen molar-refractivity contribution >= 4 is 8.80 Å². The van der Waals surface area contributed by atoms with Crippen LogP contribution in [0.25, 0.3) is 0 Å². The first-order valence-electron chi connectivity index (χ1n) is 9.03. The molecular weight excluding hydrogens is 364 g/mol. The minimum absolute atomic E-state index is 0.338. The van der Waals surface area contributed by atoms with E-state index in [0.29, 0.717) is 59.5 Å². The van der Waals surface area contributed by atoms with Crippen LogP contribution in [0.5, 0.6) is 0 Å². The van der Waals surface area contributed by atoms with Gasteiger partial charge in [-0.3, -0.25) is 0 Å². The smallest absolute Gasteiger partial charge is 0.375 e. The van der Waals surface area contributed by atoms with Crippen molar-refractivity contribution < 1.29 is 27.5 Å². The van der Waals surface area contributed by atoms with E-state index >= 15 is 0 Å². The monoisotopic (exact) mass is 400 g/mol. The quantitative estimate of drug-likeness (QED) is 0.188. The van der Waals surface area contributed by atoms with Gasteiger partial charge in [-0.05, 0) is 26.5 Å². The molecule has 0 unspecified atom stereocenters. The second-order valence-corrected chi connectivity index (χ2v) is 8.86. The molecule has 0 atom stereocenters. The Hall–Kier alpha value is -1.06. The lowest BCUT2D eigenvalue weighted by molar-refractivity contribution is 0.0135. The molecule has 0 aromatic rings. The topological polar surface area (TPSA) is 55.4 Å². The summed E-state index contributed by atoms with van der Waals surface area (Å²) in [4.78, 5) is 0. The van der Waals surface area contributed by atoms with Gasteiger partial charge >= 0.3 is 8.80 Å². The van der Waals surface area contributed by atoms with E-state index in [1.807, 2.05) is 20.8 Å². The van der Waals surface area contributed by atoms with Gasteiger partial charge in [-0.25, -0.2) is 0 Å². The highest BCUT2D eigenvalue weighted by Crippen LogP contribution is 2.12. The first kappa shape index (κ1) is 25.9. The van der Waals surface area contributed by atoms with Gasteiger partial charge in [0.05, 0.1) is 59.5 Å². The molecule has 0 aromatic heterocycles. The molecule has 0 aliphatic rings. The van der Waals surface area contributed by atoms with E-state index in [1.54, 1.807) is 5.70 Å². The first-order valence-corrected chi connectivity index (χ1v) is 10.8. The van der Waals surface area contributed by atoms with Gasteiger partial charge in [0, 0.05) is 0 Å². The van der Waals surface area contributed by atoms with E-state index in [0.717, 1.165) is 16.7 Å². The fourth-order valence-electron chi connectivity index (χ4n) is 1.77. The molecule has 0 amide bonds. The predicted molar refractivity (Wildman–Crippen MR) is 111 cm³/mol. The Bertz CT molecular complexity index is 404. The zero-order chi connectivity index (χ0) is 20.5. The summed E-state index contributed by atoms with van der Waals surface area (Å²) in [7, 11) is -3.04. The third-order valence-electron chi connectivity index (χ3n) is 2.89. The Labute approximate surface area is 165 Å². The Morgan fingerprint density at radius 2 is 0.926 bits per heavy atom. The number of rotatable bonds is 19. The molecule has 0 saturated heterocycles. The van der Waals surface area contributed by atoms with Crippen LogP contribution in [-0.2, 0) is 27.5 Å². The summed E-state index contributed by atoms with van der Waals surface area (Å²) in [6.45, 7) is 24.7. The third kappa shape index (κ3) is 15.7. The highest BCUT2D eigenvalue weighted by atomic mass is 28.4. The largest absolute Gasteiger partial charge is 0.529 e. The van der Waals surface area contributed by atoms with E-state index in [1.165, 1.54) is 0 Å². The highest BCUT2D eigenvalue weighted by Gasteiger charge is 2.38. The van der Waals surface area contributed by atoms with E-state index in [-0.39, 0.29) is 0 Å². The maximum absolute atomic E-state index is 5.89. The van der Waals surface area contributed by atoms with Crippen LogP contribution in [0, 0.1) is 0 Å². The minimum atomic E-state index is -3.04. The van der Waals surface area contributed by atoms with Crippen molar-refractivity contribution in [2.45, 2.75) is 20.8 Å². The molecule has 0 spiro atoms. The van der Waals surface area contributed by atoms with Crippen LogP contribution >= 0.6 is 0 Å². The zero-order valence-corrected chi connectivity index (χ0v) is 18.2. The maximum Gasteiger partial charge on any atom is 0.529 e. The molecule has 0 rings (SSSR count). The van der Waals surface area contributed by atoms with Crippen molar-refractivity contribution in [1.82, 2.24) is 0 Å². The van der Waals surface area contributed by atoms with Crippen LogP contribution in [0.3, 0.4) is 0 Å². The molecule has 0 heterocycles. The number of hydrogen-bond donors (Lipinski definition) is 0. The van der Waals surface area contributed by atoms with Gasteiger partial charge in [-0.15, -0.1) is 0 Å². The fraction of sp³-hybridized carbons (Fsp3) is 0.600. The van der Waals surface area contributed by atoms with E-state index in [2.05, 4.69) is 26.3 Å². The lowest BCUT2D eigenvalue weighted by Crippen LogP contribution is -2.46. The Balaban J connectivity index is 4.43. The molecule has 0 N–H and O–H groups in total. The van der Waals surface area contributed by atoms with Crippen LogP contribution in [0.2, 0.25) is 0 Å². The van der Waals surface area contributed by atoms with Crippen molar-refractivity contribution in [2.75, 3.05) is 59.5 Å². The second-order valence-electron chi connectivity index (χ2n) is 6.38. The van der Waals surface area contributed by atoms with Gasteiger partial charge in [0.2, 0.25) is 0 Å². The van der Waals surface area contributed by atoms with E-state index in [9.17, 15) is 0 Å².